The molecule has 0 amide bonds. The molecule has 6 rings (SSSR count). The normalized spacial score (nSPS) is 18.9. The third-order valence-corrected chi connectivity index (χ3v) is 9.87. The summed E-state index contributed by atoms with van der Waals surface area (Å²) in [6.45, 7) is 6.50. The topological polar surface area (TPSA) is 48.7 Å². The van der Waals surface area contributed by atoms with E-state index in [1.165, 1.54) is 116 Å². The van der Waals surface area contributed by atoms with Crippen molar-refractivity contribution >= 4 is 58.0 Å². The number of likely N-dealkylation sites (tertiary alicyclic amines) is 1. The Hall–Kier alpha value is -1.73. The van der Waals surface area contributed by atoms with E-state index in [0.29, 0.717) is 10.8 Å². The molecule has 1 N–H and O–H groups in total. The zero-order valence-electron chi connectivity index (χ0n) is 22.2. The first-order valence-electron chi connectivity index (χ1n) is 14.2. The number of carboxylic acid groups (broad SMARTS) is 1. The van der Waals surface area contributed by atoms with Crippen molar-refractivity contribution in [3.05, 3.63) is 40.8 Å². The molecule has 0 unspecified atom stereocenters. The number of halogens is 2. The molecule has 8 heteroatoms. The van der Waals surface area contributed by atoms with Gasteiger partial charge in [-0.3, -0.25) is 0 Å². The van der Waals surface area contributed by atoms with Crippen LogP contribution in [-0.2, 0) is 6.54 Å². The zero-order valence-corrected chi connectivity index (χ0v) is 24.6. The maximum absolute atomic E-state index is 11.9. The number of carboxylic acids is 1. The average Bonchev–Trinajstić information content (AvgIpc) is 3.39. The molecule has 4 heterocycles. The fourth-order valence-corrected chi connectivity index (χ4v) is 7.99. The summed E-state index contributed by atoms with van der Waals surface area (Å²) in [6, 6.07) is 10.9. The molecule has 0 atom stereocenters. The van der Waals surface area contributed by atoms with Crippen molar-refractivity contribution in [1.82, 2.24) is 9.47 Å². The number of aromatic carboxylic acids is 1. The molecular weight excluding hydrogens is 537 g/mol. The number of hydrogen-bond acceptors (Lipinski definition) is 4. The van der Waals surface area contributed by atoms with E-state index in [1.807, 2.05) is 6.07 Å². The van der Waals surface area contributed by atoms with Crippen LogP contribution in [0, 0.1) is 0 Å². The first-order valence-corrected chi connectivity index (χ1v) is 15.0. The van der Waals surface area contributed by atoms with Crippen LogP contribution in [0.4, 0.5) is 5.69 Å². The summed E-state index contributed by atoms with van der Waals surface area (Å²) in [7, 11) is 0. The maximum Gasteiger partial charge on any atom is 0.345 e. The van der Waals surface area contributed by atoms with Gasteiger partial charge in [0.2, 0.25) is 0 Å². The molecule has 1 aliphatic carbocycles. The predicted octanol–water partition coefficient (Wildman–Crippen LogP) is 8.05. The zero-order chi connectivity index (χ0) is 24.5. The molecule has 208 valence electrons. The van der Waals surface area contributed by atoms with E-state index in [4.69, 9.17) is 0 Å². The lowest BCUT2D eigenvalue weighted by molar-refractivity contribution is 0.0702. The number of thiophene rings is 1. The van der Waals surface area contributed by atoms with Gasteiger partial charge in [0.15, 0.2) is 0 Å². The van der Waals surface area contributed by atoms with Gasteiger partial charge in [0.1, 0.15) is 4.88 Å². The summed E-state index contributed by atoms with van der Waals surface area (Å²) < 4.78 is 3.69. The van der Waals surface area contributed by atoms with E-state index in [-0.39, 0.29) is 24.8 Å². The number of para-hydroxylation sites is 1. The number of carbonyl (C=O) groups is 1. The Labute approximate surface area is 243 Å². The standard InChI is InChI=1S/C30H39N3O2S.2ClH/c34-30(35)26-21-25-29(36-26)27(22-11-5-4-6-12-22)28-23-13-7-8-14-24(23)32(19-20-33(25)28)18-17-31-15-9-2-1-3-10-16-31;;/h7-8,13-14,21-22H,1-6,9-12,15-20H2,(H,34,35);2*1H. The van der Waals surface area contributed by atoms with Gasteiger partial charge in [0, 0.05) is 37.4 Å². The summed E-state index contributed by atoms with van der Waals surface area (Å²) in [5, 5.41) is 9.78. The minimum atomic E-state index is -0.802. The van der Waals surface area contributed by atoms with Crippen LogP contribution < -0.4 is 4.90 Å². The number of benzene rings is 1. The summed E-state index contributed by atoms with van der Waals surface area (Å²) in [5.41, 5.74) is 6.62. The molecule has 5 nitrogen and oxygen atoms in total. The molecule has 0 bridgehead atoms. The van der Waals surface area contributed by atoms with Crippen molar-refractivity contribution in [2.45, 2.75) is 76.7 Å². The molecular formula is C30H41Cl2N3O2S. The lowest BCUT2D eigenvalue weighted by Gasteiger charge is -2.30. The third kappa shape index (κ3) is 5.74. The molecule has 3 aliphatic rings. The van der Waals surface area contributed by atoms with Gasteiger partial charge in [0.05, 0.1) is 15.9 Å². The minimum absolute atomic E-state index is 0. The SMILES string of the molecule is Cl.Cl.O=C(O)c1cc2c(s1)c(C1CCCCC1)c1n2CCN(CCN2CCCCCCC2)c2ccccc2-1. The highest BCUT2D eigenvalue weighted by Gasteiger charge is 2.32. The summed E-state index contributed by atoms with van der Waals surface area (Å²) in [4.78, 5) is 17.7. The Morgan fingerprint density at radius 3 is 2.29 bits per heavy atom. The lowest BCUT2D eigenvalue weighted by Crippen LogP contribution is -2.37. The first kappa shape index (κ1) is 29.3. The van der Waals surface area contributed by atoms with E-state index in [1.54, 1.807) is 0 Å². The van der Waals surface area contributed by atoms with E-state index >= 15 is 0 Å². The summed E-state index contributed by atoms with van der Waals surface area (Å²) in [5.74, 6) is -0.275. The molecule has 3 aromatic rings. The number of nitrogens with zero attached hydrogens (tertiary/aromatic N) is 3. The Bertz CT molecular complexity index is 1230. The molecule has 2 aliphatic heterocycles. The number of hydrogen-bond donors (Lipinski definition) is 1. The van der Waals surface area contributed by atoms with Crippen LogP contribution in [-0.4, -0.2) is 53.3 Å². The first-order chi connectivity index (χ1) is 17.7. The van der Waals surface area contributed by atoms with Gasteiger partial charge in [-0.25, -0.2) is 4.79 Å². The van der Waals surface area contributed by atoms with Crippen molar-refractivity contribution in [3.63, 3.8) is 0 Å². The monoisotopic (exact) mass is 577 g/mol. The van der Waals surface area contributed by atoms with E-state index < -0.39 is 5.97 Å². The molecule has 2 fully saturated rings. The predicted molar refractivity (Wildman–Crippen MR) is 164 cm³/mol. The van der Waals surface area contributed by atoms with Crippen LogP contribution >= 0.6 is 36.2 Å². The fourth-order valence-electron chi connectivity index (χ4n) is 6.87. The minimum Gasteiger partial charge on any atom is -0.477 e. The highest BCUT2D eigenvalue weighted by atomic mass is 35.5. The molecule has 2 aromatic heterocycles. The van der Waals surface area contributed by atoms with Crippen LogP contribution in [0.3, 0.4) is 0 Å². The largest absolute Gasteiger partial charge is 0.477 e. The molecule has 1 saturated heterocycles. The van der Waals surface area contributed by atoms with Crippen LogP contribution in [0.1, 0.15) is 85.4 Å². The van der Waals surface area contributed by atoms with E-state index in [0.717, 1.165) is 31.7 Å². The smallest absolute Gasteiger partial charge is 0.345 e. The Morgan fingerprint density at radius 1 is 0.868 bits per heavy atom. The number of rotatable bonds is 5. The van der Waals surface area contributed by atoms with Gasteiger partial charge in [0.25, 0.3) is 0 Å². The second-order valence-corrected chi connectivity index (χ2v) is 12.0. The van der Waals surface area contributed by atoms with Crippen LogP contribution in [0.5, 0.6) is 0 Å². The number of aromatic nitrogens is 1. The van der Waals surface area contributed by atoms with Gasteiger partial charge < -0.3 is 19.5 Å². The van der Waals surface area contributed by atoms with E-state index in [2.05, 4.69) is 38.6 Å². The highest BCUT2D eigenvalue weighted by Crippen LogP contribution is 2.49. The van der Waals surface area contributed by atoms with Gasteiger partial charge in [-0.1, -0.05) is 56.7 Å². The van der Waals surface area contributed by atoms with Crippen LogP contribution in [0.25, 0.3) is 21.5 Å². The van der Waals surface area contributed by atoms with E-state index in [9.17, 15) is 9.90 Å². The molecule has 1 saturated carbocycles. The maximum atomic E-state index is 11.9. The lowest BCUT2D eigenvalue weighted by atomic mass is 9.83. The molecule has 0 spiro atoms. The van der Waals surface area contributed by atoms with Gasteiger partial charge in [-0.2, -0.15) is 0 Å². The van der Waals surface area contributed by atoms with Crippen molar-refractivity contribution in [2.24, 2.45) is 0 Å². The van der Waals surface area contributed by atoms with Crippen LogP contribution in [0.2, 0.25) is 0 Å². The fraction of sp³-hybridized carbons (Fsp3) is 0.567. The van der Waals surface area contributed by atoms with Crippen LogP contribution in [0.15, 0.2) is 30.3 Å². The average molecular weight is 579 g/mol. The van der Waals surface area contributed by atoms with Crippen molar-refractivity contribution < 1.29 is 9.90 Å². The van der Waals surface area contributed by atoms with Crippen molar-refractivity contribution in [2.75, 3.05) is 37.6 Å². The number of anilines is 1. The van der Waals surface area contributed by atoms with Gasteiger partial charge in [-0.05, 0) is 62.4 Å². The second-order valence-electron chi connectivity index (χ2n) is 11.0. The summed E-state index contributed by atoms with van der Waals surface area (Å²) in [6.07, 6.45) is 13.1. The number of fused-ring (bicyclic) bond motifs is 5. The Kier molecular flexibility index (Phi) is 10.1. The quantitative estimate of drug-likeness (QED) is 0.333. The van der Waals surface area contributed by atoms with Crippen molar-refractivity contribution in [1.29, 1.82) is 0 Å². The Balaban J connectivity index is 0.00000168. The van der Waals surface area contributed by atoms with Gasteiger partial charge in [-0.15, -0.1) is 36.2 Å². The second kappa shape index (κ2) is 13.1. The van der Waals surface area contributed by atoms with Gasteiger partial charge >= 0.3 is 5.97 Å². The molecule has 38 heavy (non-hydrogen) atoms. The third-order valence-electron chi connectivity index (χ3n) is 8.73. The molecule has 0 radical (unpaired) electrons. The highest BCUT2D eigenvalue weighted by molar-refractivity contribution is 7.21. The summed E-state index contributed by atoms with van der Waals surface area (Å²) >= 11 is 1.49. The van der Waals surface area contributed by atoms with Crippen molar-refractivity contribution in [3.8, 4) is 11.3 Å². The molecule has 1 aromatic carbocycles. The Morgan fingerprint density at radius 2 is 1.55 bits per heavy atom.